The molecule has 0 aromatic heterocycles. The normalized spacial score (nSPS) is 29.8. The molecule has 2 heterocycles. The fourth-order valence-corrected chi connectivity index (χ4v) is 5.40. The summed E-state index contributed by atoms with van der Waals surface area (Å²) in [7, 11) is 3.93. The third-order valence-corrected chi connectivity index (χ3v) is 8.48. The van der Waals surface area contributed by atoms with Gasteiger partial charge in [-0.2, -0.15) is 0 Å². The van der Waals surface area contributed by atoms with E-state index in [9.17, 15) is 45.2 Å². The molecular formula is C32H44BrN3O13. The van der Waals surface area contributed by atoms with Gasteiger partial charge in [0.1, 0.15) is 42.3 Å². The minimum Gasteiger partial charge on any atom is -0.463 e. The molecule has 0 saturated carbocycles. The van der Waals surface area contributed by atoms with Crippen molar-refractivity contribution in [1.82, 2.24) is 10.2 Å². The minimum absolute atomic E-state index is 0.143. The number of nitrogens with one attached hydrogen (secondary N) is 1. The smallest absolute Gasteiger partial charge is 0.269 e. The highest BCUT2D eigenvalue weighted by atomic mass is 79.9. The number of ketones is 1. The number of carbonyl (C=O) groups is 2. The molecule has 49 heavy (non-hydrogen) atoms. The lowest BCUT2D eigenvalue weighted by Crippen LogP contribution is -2.67. The van der Waals surface area contributed by atoms with E-state index in [0.29, 0.717) is 6.42 Å². The number of benzene rings is 2. The van der Waals surface area contributed by atoms with Crippen LogP contribution in [0.3, 0.4) is 0 Å². The van der Waals surface area contributed by atoms with E-state index in [1.165, 1.54) is 38.1 Å². The fraction of sp³-hybridized carbons (Fsp3) is 0.562. The molecule has 0 radical (unpaired) electrons. The zero-order valence-corrected chi connectivity index (χ0v) is 29.1. The predicted molar refractivity (Wildman–Crippen MR) is 177 cm³/mol. The first-order chi connectivity index (χ1) is 23.2. The van der Waals surface area contributed by atoms with Crippen LogP contribution in [0.4, 0.5) is 5.69 Å². The number of hydrogen-bond acceptors (Lipinski definition) is 14. The van der Waals surface area contributed by atoms with E-state index in [1.54, 1.807) is 0 Å². The van der Waals surface area contributed by atoms with Crippen LogP contribution in [0.5, 0.6) is 5.75 Å². The van der Waals surface area contributed by atoms with Crippen LogP contribution in [-0.2, 0) is 19.0 Å². The summed E-state index contributed by atoms with van der Waals surface area (Å²) in [5.41, 5.74) is 0.614. The topological polar surface area (TPSA) is 231 Å². The first-order valence-electron chi connectivity index (χ1n) is 15.5. The Morgan fingerprint density at radius 1 is 0.939 bits per heavy atom. The molecule has 2 saturated heterocycles. The van der Waals surface area contributed by atoms with Gasteiger partial charge in [0.05, 0.1) is 24.2 Å². The summed E-state index contributed by atoms with van der Waals surface area (Å²) in [4.78, 5) is 35.9. The number of carbonyl (C=O) groups excluding carboxylic acids is 2. The Hall–Kier alpha value is -3.10. The number of aliphatic hydroxyl groups is 5. The van der Waals surface area contributed by atoms with Crippen molar-refractivity contribution in [3.8, 4) is 5.75 Å². The second-order valence-corrected chi connectivity index (χ2v) is 12.9. The Morgan fingerprint density at radius 3 is 2.04 bits per heavy atom. The van der Waals surface area contributed by atoms with Crippen molar-refractivity contribution in [3.05, 3.63) is 68.7 Å². The summed E-state index contributed by atoms with van der Waals surface area (Å²) in [6.45, 7) is 2.29. The first kappa shape index (κ1) is 40.3. The van der Waals surface area contributed by atoms with Crippen LogP contribution in [0.2, 0.25) is 0 Å². The molecule has 0 bridgehead atoms. The third kappa shape index (κ3) is 11.2. The molecule has 2 aliphatic rings. The Morgan fingerprint density at radius 2 is 1.51 bits per heavy atom. The Labute approximate surface area is 291 Å². The van der Waals surface area contributed by atoms with Crippen LogP contribution in [0.15, 0.2) is 53.0 Å². The molecule has 0 spiro atoms. The van der Waals surface area contributed by atoms with Gasteiger partial charge in [-0.05, 0) is 38.4 Å². The van der Waals surface area contributed by atoms with Gasteiger partial charge in [-0.25, -0.2) is 0 Å². The molecule has 0 aliphatic carbocycles. The summed E-state index contributed by atoms with van der Waals surface area (Å²) in [6, 6.07) is 11.4. The van der Waals surface area contributed by atoms with Crippen LogP contribution >= 0.6 is 15.9 Å². The van der Waals surface area contributed by atoms with Crippen molar-refractivity contribution in [1.29, 1.82) is 0 Å². The molecular weight excluding hydrogens is 714 g/mol. The summed E-state index contributed by atoms with van der Waals surface area (Å²) in [5, 5.41) is 64.0. The zero-order valence-electron chi connectivity index (χ0n) is 27.5. The van der Waals surface area contributed by atoms with Gasteiger partial charge in [0.15, 0.2) is 12.1 Å². The maximum Gasteiger partial charge on any atom is 0.269 e. The summed E-state index contributed by atoms with van der Waals surface area (Å²) < 4.78 is 24.0. The van der Waals surface area contributed by atoms with Crippen LogP contribution in [0.25, 0.3) is 0 Å². The number of nitro groups is 1. The van der Waals surface area contributed by atoms with Crippen molar-refractivity contribution < 1.29 is 59.0 Å². The molecule has 4 rings (SSSR count). The number of amides is 1. The SMILES string of the molecule is CC(=O)NC1C(Oc2ccc([N+](=O)[O-])cc2)OC(CO)C(O)C1OC1OC(CO)C(O)C(O)C1C.CN(C)CCC(=O)c1ccc(Br)cc1. The van der Waals surface area contributed by atoms with Crippen molar-refractivity contribution in [2.24, 2.45) is 5.92 Å². The van der Waals surface area contributed by atoms with E-state index in [0.717, 1.165) is 16.6 Å². The number of nitro benzene ring substituents is 1. The van der Waals surface area contributed by atoms with Crippen molar-refractivity contribution in [2.45, 2.75) is 75.5 Å². The number of nitrogens with zero attached hydrogens (tertiary/aromatic N) is 2. The van der Waals surface area contributed by atoms with Gasteiger partial charge in [0.2, 0.25) is 12.2 Å². The molecule has 2 aromatic carbocycles. The van der Waals surface area contributed by atoms with E-state index in [4.69, 9.17) is 18.9 Å². The lowest BCUT2D eigenvalue weighted by molar-refractivity contribution is -0.384. The average molecular weight is 759 g/mol. The second kappa shape index (κ2) is 18.8. The summed E-state index contributed by atoms with van der Waals surface area (Å²) >= 11 is 3.34. The highest BCUT2D eigenvalue weighted by molar-refractivity contribution is 9.10. The molecule has 6 N–H and O–H groups in total. The Balaban J connectivity index is 0.000000388. The lowest BCUT2D eigenvalue weighted by Gasteiger charge is -2.47. The quantitative estimate of drug-likeness (QED) is 0.0990. The summed E-state index contributed by atoms with van der Waals surface area (Å²) in [6.07, 6.45) is -9.80. The van der Waals surface area contributed by atoms with Gasteiger partial charge >= 0.3 is 0 Å². The standard InChI is InChI=1S/C21H30N2O12.C11H14BrNO/c1-9-16(27)17(28)13(7-24)33-20(9)35-19-15(22-10(2)26)21(34-14(8-25)18(19)29)32-12-5-3-11(4-6-12)23(30)31;1-13(2)8-7-11(14)9-3-5-10(12)6-4-9/h3-6,9,13-21,24-25,27-29H,7-8H2,1-2H3,(H,22,26);3-6H,7-8H2,1-2H3. The van der Waals surface area contributed by atoms with E-state index in [-0.39, 0.29) is 17.2 Å². The number of rotatable bonds is 12. The second-order valence-electron chi connectivity index (χ2n) is 12.0. The maximum absolute atomic E-state index is 12.0. The molecule has 2 aliphatic heterocycles. The fourth-order valence-electron chi connectivity index (χ4n) is 5.13. The molecule has 17 heteroatoms. The van der Waals surface area contributed by atoms with E-state index >= 15 is 0 Å². The van der Waals surface area contributed by atoms with E-state index in [2.05, 4.69) is 21.2 Å². The van der Waals surface area contributed by atoms with Crippen LogP contribution in [-0.4, -0.2) is 136 Å². The number of ether oxygens (including phenoxy) is 4. The van der Waals surface area contributed by atoms with Gasteiger partial charge < -0.3 is 54.7 Å². The molecule has 2 aromatic rings. The van der Waals surface area contributed by atoms with Crippen molar-refractivity contribution in [3.63, 3.8) is 0 Å². The molecule has 16 nitrogen and oxygen atoms in total. The lowest BCUT2D eigenvalue weighted by atomic mass is 9.91. The largest absolute Gasteiger partial charge is 0.463 e. The molecule has 2 fully saturated rings. The Bertz CT molecular complexity index is 1370. The number of non-ortho nitro benzene ring substituents is 1. The maximum atomic E-state index is 12.0. The van der Waals surface area contributed by atoms with Crippen LogP contribution < -0.4 is 10.1 Å². The number of Topliss-reactive ketones (excluding diaryl/α,β-unsaturated/α-hetero) is 1. The minimum atomic E-state index is -1.49. The van der Waals surface area contributed by atoms with E-state index in [1.807, 2.05) is 43.3 Å². The Kier molecular flexibility index (Phi) is 15.4. The monoisotopic (exact) mass is 757 g/mol. The summed E-state index contributed by atoms with van der Waals surface area (Å²) in [5.74, 6) is -0.988. The molecule has 10 atom stereocenters. The number of hydrogen-bond donors (Lipinski definition) is 6. The third-order valence-electron chi connectivity index (χ3n) is 7.95. The van der Waals surface area contributed by atoms with Gasteiger partial charge in [0.25, 0.3) is 5.69 Å². The van der Waals surface area contributed by atoms with Crippen molar-refractivity contribution in [2.75, 3.05) is 33.9 Å². The highest BCUT2D eigenvalue weighted by Gasteiger charge is 2.51. The molecule has 1 amide bonds. The van der Waals surface area contributed by atoms with Gasteiger partial charge in [-0.15, -0.1) is 0 Å². The van der Waals surface area contributed by atoms with Gasteiger partial charge in [-0.3, -0.25) is 19.7 Å². The average Bonchev–Trinajstić information content (AvgIpc) is 3.07. The number of aliphatic hydroxyl groups excluding tert-OH is 5. The van der Waals surface area contributed by atoms with Gasteiger partial charge in [0, 0.05) is 48.0 Å². The molecule has 272 valence electrons. The molecule has 10 unspecified atom stereocenters. The van der Waals surface area contributed by atoms with Crippen LogP contribution in [0.1, 0.15) is 30.6 Å². The first-order valence-corrected chi connectivity index (χ1v) is 16.3. The van der Waals surface area contributed by atoms with Crippen molar-refractivity contribution >= 4 is 33.3 Å². The van der Waals surface area contributed by atoms with Crippen LogP contribution in [0, 0.1) is 16.0 Å². The van der Waals surface area contributed by atoms with Gasteiger partial charge in [-0.1, -0.05) is 35.0 Å². The zero-order chi connectivity index (χ0) is 36.4. The number of halogens is 1. The predicted octanol–water partition coefficient (Wildman–Crippen LogP) is 0.600. The highest BCUT2D eigenvalue weighted by Crippen LogP contribution is 2.33. The van der Waals surface area contributed by atoms with E-state index < -0.39 is 85.2 Å².